The van der Waals surface area contributed by atoms with Crippen molar-refractivity contribution in [2.45, 2.75) is 33.2 Å². The summed E-state index contributed by atoms with van der Waals surface area (Å²) in [5, 5.41) is 12.8. The van der Waals surface area contributed by atoms with E-state index >= 15 is 0 Å². The zero-order valence-electron chi connectivity index (χ0n) is 14.5. The molecule has 1 aliphatic heterocycles. The molecule has 2 N–H and O–H groups in total. The lowest BCUT2D eigenvalue weighted by molar-refractivity contribution is 0.208. The smallest absolute Gasteiger partial charge is 0.134 e. The van der Waals surface area contributed by atoms with Crippen molar-refractivity contribution in [1.29, 1.82) is 0 Å². The summed E-state index contributed by atoms with van der Waals surface area (Å²) in [7, 11) is 0. The third kappa shape index (κ3) is 4.03. The average molecular weight is 326 g/mol. The Kier molecular flexibility index (Phi) is 5.30. The van der Waals surface area contributed by atoms with E-state index < -0.39 is 0 Å². The van der Waals surface area contributed by atoms with E-state index in [9.17, 15) is 5.11 Å². The lowest BCUT2D eigenvalue weighted by atomic mass is 9.99. The fourth-order valence-electron chi connectivity index (χ4n) is 3.27. The first-order chi connectivity index (χ1) is 11.7. The van der Waals surface area contributed by atoms with Crippen molar-refractivity contribution < 1.29 is 5.11 Å². The Balaban J connectivity index is 1.67. The first-order valence-electron chi connectivity index (χ1n) is 8.63. The highest BCUT2D eigenvalue weighted by Gasteiger charge is 2.20. The molecule has 0 bridgehead atoms. The fourth-order valence-corrected chi connectivity index (χ4v) is 3.27. The molecule has 0 radical (unpaired) electrons. The monoisotopic (exact) mass is 326 g/mol. The average Bonchev–Trinajstić information content (AvgIpc) is 2.61. The maximum Gasteiger partial charge on any atom is 0.134 e. The lowest BCUT2D eigenvalue weighted by Crippen LogP contribution is -2.37. The van der Waals surface area contributed by atoms with Crippen LogP contribution in [0.25, 0.3) is 0 Å². The number of nitrogens with one attached hydrogen (secondary N) is 1. The number of anilines is 2. The summed E-state index contributed by atoms with van der Waals surface area (Å²) in [5.74, 6) is 2.12. The van der Waals surface area contributed by atoms with E-state index in [1.54, 1.807) is 6.33 Å². The highest BCUT2D eigenvalue weighted by molar-refractivity contribution is 5.49. The number of aryl methyl sites for hydroxylation is 2. The van der Waals surface area contributed by atoms with Crippen molar-refractivity contribution >= 4 is 11.6 Å². The van der Waals surface area contributed by atoms with Crippen molar-refractivity contribution in [3.05, 3.63) is 47.3 Å². The van der Waals surface area contributed by atoms with Crippen LogP contribution in [0.1, 0.15) is 29.5 Å². The van der Waals surface area contributed by atoms with Crippen LogP contribution in [0, 0.1) is 19.8 Å². The minimum atomic E-state index is 0.249. The molecule has 5 nitrogen and oxygen atoms in total. The highest BCUT2D eigenvalue weighted by Crippen LogP contribution is 2.22. The third-order valence-corrected chi connectivity index (χ3v) is 4.71. The number of hydrogen-bond donors (Lipinski definition) is 2. The van der Waals surface area contributed by atoms with Gasteiger partial charge in [-0.15, -0.1) is 0 Å². The summed E-state index contributed by atoms with van der Waals surface area (Å²) in [6.07, 6.45) is 3.80. The molecule has 1 aliphatic rings. The molecule has 1 unspecified atom stereocenters. The molecule has 1 saturated heterocycles. The van der Waals surface area contributed by atoms with Crippen LogP contribution < -0.4 is 10.2 Å². The zero-order chi connectivity index (χ0) is 16.9. The van der Waals surface area contributed by atoms with E-state index in [0.717, 1.165) is 44.1 Å². The van der Waals surface area contributed by atoms with Crippen LogP contribution in [0.5, 0.6) is 0 Å². The molecule has 2 aromatic rings. The number of piperidine rings is 1. The second-order valence-corrected chi connectivity index (χ2v) is 6.68. The Morgan fingerprint density at radius 2 is 2.12 bits per heavy atom. The summed E-state index contributed by atoms with van der Waals surface area (Å²) in [6, 6.07) is 8.50. The van der Waals surface area contributed by atoms with E-state index in [-0.39, 0.29) is 6.61 Å². The molecule has 1 aromatic carbocycles. The van der Waals surface area contributed by atoms with Gasteiger partial charge in [0, 0.05) is 32.3 Å². The number of rotatable bonds is 5. The van der Waals surface area contributed by atoms with Crippen LogP contribution in [-0.2, 0) is 6.54 Å². The van der Waals surface area contributed by atoms with Gasteiger partial charge in [-0.05, 0) is 43.7 Å². The number of aliphatic hydroxyl groups excluding tert-OH is 1. The van der Waals surface area contributed by atoms with Crippen molar-refractivity contribution in [3.63, 3.8) is 0 Å². The van der Waals surface area contributed by atoms with Crippen molar-refractivity contribution in [1.82, 2.24) is 9.97 Å². The van der Waals surface area contributed by atoms with E-state index in [0.29, 0.717) is 5.92 Å². The van der Waals surface area contributed by atoms with Gasteiger partial charge in [0.1, 0.15) is 18.0 Å². The summed E-state index contributed by atoms with van der Waals surface area (Å²) >= 11 is 0. The van der Waals surface area contributed by atoms with E-state index in [2.05, 4.69) is 52.2 Å². The van der Waals surface area contributed by atoms with Crippen molar-refractivity contribution in [3.8, 4) is 0 Å². The van der Waals surface area contributed by atoms with Crippen LogP contribution in [0.3, 0.4) is 0 Å². The second kappa shape index (κ2) is 7.62. The lowest BCUT2D eigenvalue weighted by Gasteiger charge is -2.32. The first kappa shape index (κ1) is 16.7. The quantitative estimate of drug-likeness (QED) is 0.884. The van der Waals surface area contributed by atoms with Crippen LogP contribution in [-0.4, -0.2) is 34.8 Å². The molecule has 1 aromatic heterocycles. The number of aromatic nitrogens is 2. The number of aliphatic hydroxyl groups is 1. The first-order valence-corrected chi connectivity index (χ1v) is 8.63. The van der Waals surface area contributed by atoms with Gasteiger partial charge in [0.15, 0.2) is 0 Å². The summed E-state index contributed by atoms with van der Waals surface area (Å²) in [5.41, 5.74) is 3.85. The Labute approximate surface area is 143 Å². The summed E-state index contributed by atoms with van der Waals surface area (Å²) in [6.45, 7) is 7.10. The van der Waals surface area contributed by atoms with Gasteiger partial charge in [0.2, 0.25) is 0 Å². The largest absolute Gasteiger partial charge is 0.396 e. The van der Waals surface area contributed by atoms with Crippen molar-refractivity contribution in [2.24, 2.45) is 5.92 Å². The molecular formula is C19H26N4O. The van der Waals surface area contributed by atoms with Crippen LogP contribution in [0.2, 0.25) is 0 Å². The number of nitrogens with zero attached hydrogens (tertiary/aromatic N) is 3. The van der Waals surface area contributed by atoms with Gasteiger partial charge in [-0.3, -0.25) is 0 Å². The fraction of sp³-hybridized carbons (Fsp3) is 0.474. The zero-order valence-corrected chi connectivity index (χ0v) is 14.5. The number of hydrogen-bond acceptors (Lipinski definition) is 5. The van der Waals surface area contributed by atoms with Gasteiger partial charge in [0.25, 0.3) is 0 Å². The minimum absolute atomic E-state index is 0.249. The predicted octanol–water partition coefficient (Wildman–Crippen LogP) is 2.91. The molecular weight excluding hydrogens is 300 g/mol. The van der Waals surface area contributed by atoms with Crippen LogP contribution >= 0.6 is 0 Å². The standard InChI is InChI=1S/C19H26N4O/c1-14-5-6-17(15(2)8-14)10-20-18-9-19(22-13-21-18)23-7-3-4-16(11-23)12-24/h5-6,8-9,13,16,24H,3-4,7,10-12H2,1-2H3,(H,20,21,22). The topological polar surface area (TPSA) is 61.3 Å². The molecule has 3 rings (SSSR count). The van der Waals surface area contributed by atoms with Crippen LogP contribution in [0.15, 0.2) is 30.6 Å². The second-order valence-electron chi connectivity index (χ2n) is 6.68. The van der Waals surface area contributed by atoms with E-state index in [1.165, 1.54) is 16.7 Å². The Hall–Kier alpha value is -2.14. The maximum absolute atomic E-state index is 9.39. The molecule has 0 spiro atoms. The molecule has 0 saturated carbocycles. The Morgan fingerprint density at radius 1 is 1.25 bits per heavy atom. The molecule has 1 fully saturated rings. The van der Waals surface area contributed by atoms with E-state index in [4.69, 9.17) is 0 Å². The highest BCUT2D eigenvalue weighted by atomic mass is 16.3. The summed E-state index contributed by atoms with van der Waals surface area (Å²) in [4.78, 5) is 11.0. The molecule has 2 heterocycles. The van der Waals surface area contributed by atoms with Gasteiger partial charge in [-0.1, -0.05) is 23.8 Å². The van der Waals surface area contributed by atoms with Crippen LogP contribution in [0.4, 0.5) is 11.6 Å². The van der Waals surface area contributed by atoms with E-state index in [1.807, 2.05) is 6.07 Å². The molecule has 5 heteroatoms. The van der Waals surface area contributed by atoms with Gasteiger partial charge >= 0.3 is 0 Å². The maximum atomic E-state index is 9.39. The van der Waals surface area contributed by atoms with Gasteiger partial charge in [-0.25, -0.2) is 9.97 Å². The normalized spacial score (nSPS) is 17.8. The SMILES string of the molecule is Cc1ccc(CNc2cc(N3CCCC(CO)C3)ncn2)c(C)c1. The molecule has 128 valence electrons. The summed E-state index contributed by atoms with van der Waals surface area (Å²) < 4.78 is 0. The van der Waals surface area contributed by atoms with Gasteiger partial charge in [0.05, 0.1) is 0 Å². The molecule has 1 atom stereocenters. The van der Waals surface area contributed by atoms with Gasteiger partial charge in [-0.2, -0.15) is 0 Å². The van der Waals surface area contributed by atoms with Crippen molar-refractivity contribution in [2.75, 3.05) is 29.9 Å². The Morgan fingerprint density at radius 3 is 2.92 bits per heavy atom. The predicted molar refractivity (Wildman–Crippen MR) is 97.3 cm³/mol. The van der Waals surface area contributed by atoms with Gasteiger partial charge < -0.3 is 15.3 Å². The molecule has 0 amide bonds. The Bertz CT molecular complexity index is 689. The molecule has 0 aliphatic carbocycles. The minimum Gasteiger partial charge on any atom is -0.396 e. The third-order valence-electron chi connectivity index (χ3n) is 4.71. The number of benzene rings is 1. The molecule has 24 heavy (non-hydrogen) atoms.